The van der Waals surface area contributed by atoms with E-state index in [2.05, 4.69) is 4.74 Å². The topological polar surface area (TPSA) is 26.3 Å². The SMILES string of the molecule is COC(=O)CCCCC[Si](Cl)(Cl)Cl. The van der Waals surface area contributed by atoms with Gasteiger partial charge in [-0.05, 0) is 12.5 Å². The second-order valence-corrected chi connectivity index (χ2v) is 12.0. The number of ether oxygens (including phenoxy) is 1. The fourth-order valence-electron chi connectivity index (χ4n) is 0.874. The van der Waals surface area contributed by atoms with E-state index >= 15 is 0 Å². The van der Waals surface area contributed by atoms with Crippen molar-refractivity contribution in [3.05, 3.63) is 0 Å². The summed E-state index contributed by atoms with van der Waals surface area (Å²) in [7, 11) is 1.39. The maximum atomic E-state index is 10.7. The van der Waals surface area contributed by atoms with Gasteiger partial charge < -0.3 is 4.74 Å². The molecule has 0 aromatic rings. The molecule has 0 aliphatic heterocycles. The molecule has 0 saturated heterocycles. The lowest BCUT2D eigenvalue weighted by atomic mass is 10.2. The average Bonchev–Trinajstić information content (AvgIpc) is 2.01. The van der Waals surface area contributed by atoms with Gasteiger partial charge in [-0.3, -0.25) is 4.79 Å². The minimum Gasteiger partial charge on any atom is -0.469 e. The van der Waals surface area contributed by atoms with Gasteiger partial charge in [-0.1, -0.05) is 12.8 Å². The van der Waals surface area contributed by atoms with Crippen LogP contribution in [0.2, 0.25) is 6.04 Å². The summed E-state index contributed by atoms with van der Waals surface area (Å²) in [5, 5.41) is 0. The Labute approximate surface area is 93.6 Å². The molecule has 0 aliphatic carbocycles. The molecule has 78 valence electrons. The molecule has 0 heterocycles. The molecular weight excluding hydrogens is 251 g/mol. The van der Waals surface area contributed by atoms with Gasteiger partial charge in [-0.15, -0.1) is 33.2 Å². The Morgan fingerprint density at radius 3 is 2.31 bits per heavy atom. The van der Waals surface area contributed by atoms with E-state index in [1.54, 1.807) is 0 Å². The van der Waals surface area contributed by atoms with E-state index in [9.17, 15) is 4.79 Å². The van der Waals surface area contributed by atoms with Crippen molar-refractivity contribution in [3.8, 4) is 0 Å². The highest BCUT2D eigenvalue weighted by Crippen LogP contribution is 2.27. The molecule has 0 aliphatic rings. The normalized spacial score (nSPS) is 11.4. The molecule has 0 aromatic carbocycles. The largest absolute Gasteiger partial charge is 0.469 e. The van der Waals surface area contributed by atoms with E-state index in [0.717, 1.165) is 19.3 Å². The first kappa shape index (κ1) is 13.6. The van der Waals surface area contributed by atoms with Crippen LogP contribution in [0.4, 0.5) is 0 Å². The Balaban J connectivity index is 3.22. The summed E-state index contributed by atoms with van der Waals surface area (Å²) < 4.78 is 4.49. The number of methoxy groups -OCH3 is 1. The number of hydrogen-bond donors (Lipinski definition) is 0. The van der Waals surface area contributed by atoms with Crippen LogP contribution < -0.4 is 0 Å². The van der Waals surface area contributed by atoms with Gasteiger partial charge in [0.05, 0.1) is 7.11 Å². The molecule has 0 bridgehead atoms. The van der Waals surface area contributed by atoms with Crippen molar-refractivity contribution in [2.24, 2.45) is 0 Å². The number of carbonyl (C=O) groups is 1. The van der Waals surface area contributed by atoms with Crippen LogP contribution in [0.3, 0.4) is 0 Å². The number of unbranched alkanes of at least 4 members (excludes halogenated alkanes) is 2. The highest BCUT2D eigenvalue weighted by Gasteiger charge is 2.23. The summed E-state index contributed by atoms with van der Waals surface area (Å²) in [5.41, 5.74) is 0. The lowest BCUT2D eigenvalue weighted by Gasteiger charge is -2.06. The third-order valence-corrected chi connectivity index (χ3v) is 4.19. The Bertz CT molecular complexity index is 158. The monoisotopic (exact) mass is 262 g/mol. The Hall–Kier alpha value is 0.557. The minimum atomic E-state index is -2.44. The molecule has 0 N–H and O–H groups in total. The van der Waals surface area contributed by atoms with Gasteiger partial charge in [0.1, 0.15) is 0 Å². The van der Waals surface area contributed by atoms with Crippen molar-refractivity contribution < 1.29 is 9.53 Å². The first-order valence-corrected chi connectivity index (χ1v) is 9.33. The van der Waals surface area contributed by atoms with E-state index in [0.29, 0.717) is 12.5 Å². The van der Waals surface area contributed by atoms with Gasteiger partial charge in [-0.2, -0.15) is 0 Å². The first-order valence-electron chi connectivity index (χ1n) is 4.09. The summed E-state index contributed by atoms with van der Waals surface area (Å²) in [5.74, 6) is -0.175. The zero-order chi connectivity index (χ0) is 10.3. The van der Waals surface area contributed by atoms with E-state index in [4.69, 9.17) is 33.2 Å². The number of halogens is 3. The summed E-state index contributed by atoms with van der Waals surface area (Å²) in [6, 6.07) is -1.78. The molecule has 0 atom stereocenters. The molecule has 0 unspecified atom stereocenters. The van der Waals surface area contributed by atoms with Crippen molar-refractivity contribution in [1.29, 1.82) is 0 Å². The van der Waals surface area contributed by atoms with E-state index in [-0.39, 0.29) is 5.97 Å². The average molecular weight is 264 g/mol. The molecule has 0 rings (SSSR count). The van der Waals surface area contributed by atoms with E-state index in [1.807, 2.05) is 0 Å². The van der Waals surface area contributed by atoms with Crippen LogP contribution in [0.1, 0.15) is 25.7 Å². The Morgan fingerprint density at radius 1 is 1.23 bits per heavy atom. The van der Waals surface area contributed by atoms with Gasteiger partial charge in [0.15, 0.2) is 0 Å². The molecule has 6 heteroatoms. The third-order valence-electron chi connectivity index (χ3n) is 1.57. The molecule has 2 nitrogen and oxygen atoms in total. The van der Waals surface area contributed by atoms with Gasteiger partial charge in [0.25, 0.3) is 0 Å². The van der Waals surface area contributed by atoms with Crippen LogP contribution in [-0.4, -0.2) is 19.1 Å². The van der Waals surface area contributed by atoms with Crippen molar-refractivity contribution in [2.45, 2.75) is 31.7 Å². The molecule has 0 fully saturated rings. The number of hydrogen-bond acceptors (Lipinski definition) is 2. The van der Waals surface area contributed by atoms with Crippen molar-refractivity contribution >= 4 is 45.2 Å². The van der Waals surface area contributed by atoms with Crippen LogP contribution in [0.15, 0.2) is 0 Å². The lowest BCUT2D eigenvalue weighted by molar-refractivity contribution is -0.140. The number of rotatable bonds is 6. The molecule has 0 saturated carbocycles. The van der Waals surface area contributed by atoms with Crippen LogP contribution in [0.25, 0.3) is 0 Å². The summed E-state index contributed by atoms with van der Waals surface area (Å²) in [4.78, 5) is 10.7. The van der Waals surface area contributed by atoms with Crippen LogP contribution in [0.5, 0.6) is 0 Å². The summed E-state index contributed by atoms with van der Waals surface area (Å²) in [6.07, 6.45) is 3.05. The second kappa shape index (κ2) is 6.93. The predicted molar refractivity (Wildman–Crippen MR) is 58.6 cm³/mol. The van der Waals surface area contributed by atoms with Gasteiger partial charge in [-0.25, -0.2) is 0 Å². The Morgan fingerprint density at radius 2 is 1.85 bits per heavy atom. The standard InChI is InChI=1S/C7H13Cl3O2Si/c1-12-7(11)5-3-2-4-6-13(8,9)10/h2-6H2,1H3. The first-order chi connectivity index (χ1) is 5.95. The maximum absolute atomic E-state index is 10.7. The second-order valence-electron chi connectivity index (χ2n) is 2.75. The van der Waals surface area contributed by atoms with E-state index in [1.165, 1.54) is 7.11 Å². The summed E-state index contributed by atoms with van der Waals surface area (Å²) >= 11 is 17.0. The summed E-state index contributed by atoms with van der Waals surface area (Å²) in [6.45, 7) is 0. The molecule has 13 heavy (non-hydrogen) atoms. The minimum absolute atomic E-state index is 0.175. The molecule has 0 radical (unpaired) electrons. The zero-order valence-electron chi connectivity index (χ0n) is 7.49. The highest BCUT2D eigenvalue weighted by molar-refractivity contribution is 7.64. The zero-order valence-corrected chi connectivity index (χ0v) is 10.8. The van der Waals surface area contributed by atoms with Crippen molar-refractivity contribution in [1.82, 2.24) is 0 Å². The molecule has 0 aromatic heterocycles. The van der Waals surface area contributed by atoms with Gasteiger partial charge in [0, 0.05) is 6.42 Å². The highest BCUT2D eigenvalue weighted by atomic mass is 35.8. The fraction of sp³-hybridized carbons (Fsp3) is 0.857. The number of esters is 1. The smallest absolute Gasteiger partial charge is 0.341 e. The van der Waals surface area contributed by atoms with Crippen LogP contribution in [-0.2, 0) is 9.53 Å². The third kappa shape index (κ3) is 10.5. The molecule has 0 amide bonds. The lowest BCUT2D eigenvalue weighted by Crippen LogP contribution is -2.08. The quantitative estimate of drug-likeness (QED) is 0.318. The molecular formula is C7H13Cl3O2Si. The predicted octanol–water partition coefficient (Wildman–Crippen LogP) is 3.38. The van der Waals surface area contributed by atoms with Crippen LogP contribution in [0, 0.1) is 0 Å². The van der Waals surface area contributed by atoms with Crippen LogP contribution >= 0.6 is 33.2 Å². The van der Waals surface area contributed by atoms with Gasteiger partial charge >= 0.3 is 12.0 Å². The maximum Gasteiger partial charge on any atom is 0.341 e. The molecule has 0 spiro atoms. The van der Waals surface area contributed by atoms with Crippen molar-refractivity contribution in [2.75, 3.05) is 7.11 Å². The number of carbonyl (C=O) groups excluding carboxylic acids is 1. The fourth-order valence-corrected chi connectivity index (χ4v) is 2.73. The van der Waals surface area contributed by atoms with Crippen molar-refractivity contribution in [3.63, 3.8) is 0 Å². The van der Waals surface area contributed by atoms with E-state index < -0.39 is 6.00 Å². The Kier molecular flexibility index (Phi) is 7.23. The van der Waals surface area contributed by atoms with Gasteiger partial charge in [0.2, 0.25) is 0 Å².